The van der Waals surface area contributed by atoms with E-state index in [4.69, 9.17) is 4.99 Å². The van der Waals surface area contributed by atoms with Crippen LogP contribution in [0.4, 0.5) is 0 Å². The monoisotopic (exact) mass is 375 g/mol. The van der Waals surface area contributed by atoms with Crippen molar-refractivity contribution in [1.29, 1.82) is 0 Å². The van der Waals surface area contributed by atoms with Crippen LogP contribution >= 0.6 is 0 Å². The fourth-order valence-corrected chi connectivity index (χ4v) is 3.74. The summed E-state index contributed by atoms with van der Waals surface area (Å²) in [7, 11) is 0. The maximum absolute atomic E-state index is 4.92. The lowest BCUT2D eigenvalue weighted by Gasteiger charge is -2.21. The third-order valence-electron chi connectivity index (χ3n) is 5.66. The van der Waals surface area contributed by atoms with E-state index in [0.717, 1.165) is 25.2 Å². The zero-order chi connectivity index (χ0) is 19.9. The minimum atomic E-state index is 0.597. The third kappa shape index (κ3) is 10.1. The highest BCUT2D eigenvalue weighted by Gasteiger charge is 2.13. The fourth-order valence-electron chi connectivity index (χ4n) is 3.74. The summed E-state index contributed by atoms with van der Waals surface area (Å²) < 4.78 is 0. The van der Waals surface area contributed by atoms with E-state index in [-0.39, 0.29) is 0 Å². The Hall–Kier alpha value is -1.09. The molecule has 0 amide bonds. The van der Waals surface area contributed by atoms with E-state index in [1.165, 1.54) is 75.6 Å². The standard InChI is InChI=1S/C24H45N3/c1-6-17-27(18-7-2)19-16-22(9-4)20-25-24(21(5)8-3)26-23-14-12-10-11-13-15-23/h9,20,23,26H,6-8,10-19H2,1-5H3/b22-9-,24-21-,25-20+. The van der Waals surface area contributed by atoms with Crippen molar-refractivity contribution in [3.05, 3.63) is 23.0 Å². The largest absolute Gasteiger partial charge is 0.367 e. The van der Waals surface area contributed by atoms with Gasteiger partial charge < -0.3 is 10.2 Å². The lowest BCUT2D eigenvalue weighted by molar-refractivity contribution is 0.279. The summed E-state index contributed by atoms with van der Waals surface area (Å²) in [6.07, 6.45) is 17.0. The highest BCUT2D eigenvalue weighted by Crippen LogP contribution is 2.19. The molecule has 0 bridgehead atoms. The summed E-state index contributed by atoms with van der Waals surface area (Å²) in [5, 5.41) is 3.78. The first-order chi connectivity index (χ1) is 13.1. The molecule has 0 aromatic carbocycles. The van der Waals surface area contributed by atoms with Crippen LogP contribution in [0, 0.1) is 0 Å². The summed E-state index contributed by atoms with van der Waals surface area (Å²) in [4.78, 5) is 7.50. The molecular formula is C24H45N3. The second-order valence-electron chi connectivity index (χ2n) is 8.03. The van der Waals surface area contributed by atoms with E-state index in [0.29, 0.717) is 6.04 Å². The van der Waals surface area contributed by atoms with Crippen LogP contribution in [-0.4, -0.2) is 36.8 Å². The van der Waals surface area contributed by atoms with E-state index < -0.39 is 0 Å². The molecule has 0 unspecified atom stereocenters. The molecule has 0 atom stereocenters. The van der Waals surface area contributed by atoms with Crippen molar-refractivity contribution in [3.8, 4) is 0 Å². The third-order valence-corrected chi connectivity index (χ3v) is 5.66. The van der Waals surface area contributed by atoms with E-state index in [1.54, 1.807) is 0 Å². The molecule has 27 heavy (non-hydrogen) atoms. The summed E-state index contributed by atoms with van der Waals surface area (Å²) in [6, 6.07) is 0.597. The van der Waals surface area contributed by atoms with Gasteiger partial charge in [0.1, 0.15) is 5.82 Å². The predicted molar refractivity (Wildman–Crippen MR) is 122 cm³/mol. The van der Waals surface area contributed by atoms with Crippen molar-refractivity contribution in [2.24, 2.45) is 4.99 Å². The molecule has 3 heteroatoms. The van der Waals surface area contributed by atoms with E-state index in [2.05, 4.69) is 57.1 Å². The molecule has 156 valence electrons. The Morgan fingerprint density at radius 1 is 1.00 bits per heavy atom. The van der Waals surface area contributed by atoms with E-state index in [1.807, 2.05) is 0 Å². The van der Waals surface area contributed by atoms with Crippen molar-refractivity contribution in [2.45, 2.75) is 105 Å². The number of hydrogen-bond acceptors (Lipinski definition) is 3. The molecule has 0 saturated heterocycles. The van der Waals surface area contributed by atoms with Gasteiger partial charge in [-0.25, -0.2) is 4.99 Å². The summed E-state index contributed by atoms with van der Waals surface area (Å²) in [5.41, 5.74) is 2.71. The van der Waals surface area contributed by atoms with Crippen molar-refractivity contribution in [1.82, 2.24) is 10.2 Å². The van der Waals surface area contributed by atoms with E-state index >= 15 is 0 Å². The number of hydrogen-bond donors (Lipinski definition) is 1. The number of allylic oxidation sites excluding steroid dienone is 2. The zero-order valence-electron chi connectivity index (χ0n) is 18.8. The second-order valence-corrected chi connectivity index (χ2v) is 8.03. The molecule has 0 aromatic rings. The van der Waals surface area contributed by atoms with Gasteiger partial charge in [-0.05, 0) is 76.6 Å². The molecule has 0 aliphatic heterocycles. The van der Waals surface area contributed by atoms with Gasteiger partial charge in [0.25, 0.3) is 0 Å². The molecule has 0 aromatic heterocycles. The molecule has 0 radical (unpaired) electrons. The van der Waals surface area contributed by atoms with Gasteiger partial charge in [0.05, 0.1) is 0 Å². The fraction of sp³-hybridized carbons (Fsp3) is 0.792. The van der Waals surface area contributed by atoms with Crippen molar-refractivity contribution >= 4 is 6.21 Å². The summed E-state index contributed by atoms with van der Waals surface area (Å²) >= 11 is 0. The molecule has 1 aliphatic rings. The number of nitrogens with one attached hydrogen (secondary N) is 1. The first kappa shape index (κ1) is 23.9. The van der Waals surface area contributed by atoms with Crippen LogP contribution in [0.25, 0.3) is 0 Å². The van der Waals surface area contributed by atoms with Crippen molar-refractivity contribution < 1.29 is 0 Å². The second kappa shape index (κ2) is 14.9. The highest BCUT2D eigenvalue weighted by atomic mass is 15.1. The van der Waals surface area contributed by atoms with Gasteiger partial charge in [0.15, 0.2) is 0 Å². The molecule has 1 N–H and O–H groups in total. The topological polar surface area (TPSA) is 27.6 Å². The molecule has 1 fully saturated rings. The molecule has 1 rings (SSSR count). The van der Waals surface area contributed by atoms with Gasteiger partial charge in [0.2, 0.25) is 0 Å². The predicted octanol–water partition coefficient (Wildman–Crippen LogP) is 6.47. The molecular weight excluding hydrogens is 330 g/mol. The lowest BCUT2D eigenvalue weighted by atomic mass is 10.1. The Kier molecular flexibility index (Phi) is 13.2. The molecule has 3 nitrogen and oxygen atoms in total. The number of nitrogens with zero attached hydrogens (tertiary/aromatic N) is 2. The Morgan fingerprint density at radius 2 is 1.63 bits per heavy atom. The van der Waals surface area contributed by atoms with Gasteiger partial charge in [-0.3, -0.25) is 0 Å². The highest BCUT2D eigenvalue weighted by molar-refractivity contribution is 5.79. The van der Waals surface area contributed by atoms with Crippen LogP contribution in [0.2, 0.25) is 0 Å². The van der Waals surface area contributed by atoms with Gasteiger partial charge in [0, 0.05) is 18.8 Å². The first-order valence-corrected chi connectivity index (χ1v) is 11.5. The normalized spacial score (nSPS) is 18.1. The zero-order valence-corrected chi connectivity index (χ0v) is 18.8. The maximum atomic E-state index is 4.92. The van der Waals surface area contributed by atoms with Gasteiger partial charge >= 0.3 is 0 Å². The summed E-state index contributed by atoms with van der Waals surface area (Å²) in [5.74, 6) is 1.11. The Labute approximate surface area is 169 Å². The van der Waals surface area contributed by atoms with Crippen LogP contribution in [-0.2, 0) is 0 Å². The van der Waals surface area contributed by atoms with Crippen molar-refractivity contribution in [3.63, 3.8) is 0 Å². The first-order valence-electron chi connectivity index (χ1n) is 11.5. The minimum absolute atomic E-state index is 0.597. The lowest BCUT2D eigenvalue weighted by Crippen LogP contribution is -2.28. The smallest absolute Gasteiger partial charge is 0.124 e. The maximum Gasteiger partial charge on any atom is 0.124 e. The Balaban J connectivity index is 2.69. The SMILES string of the molecule is C\C=C(/C=N/C(NC1CCCCCC1)=C(\C)CC)CCN(CCC)CCC. The average Bonchev–Trinajstić information content (AvgIpc) is 2.95. The number of aliphatic imine (C=N–C) groups is 1. The average molecular weight is 376 g/mol. The van der Waals surface area contributed by atoms with Gasteiger partial charge in [-0.2, -0.15) is 0 Å². The Bertz CT molecular complexity index is 462. The molecule has 1 aliphatic carbocycles. The van der Waals surface area contributed by atoms with Crippen LogP contribution in [0.15, 0.2) is 28.0 Å². The molecule has 0 heterocycles. The minimum Gasteiger partial charge on any atom is -0.367 e. The van der Waals surface area contributed by atoms with Gasteiger partial charge in [-0.15, -0.1) is 0 Å². The summed E-state index contributed by atoms with van der Waals surface area (Å²) in [6.45, 7) is 14.7. The van der Waals surface area contributed by atoms with Crippen molar-refractivity contribution in [2.75, 3.05) is 19.6 Å². The van der Waals surface area contributed by atoms with E-state index in [9.17, 15) is 0 Å². The molecule has 1 saturated carbocycles. The Morgan fingerprint density at radius 3 is 2.15 bits per heavy atom. The van der Waals surface area contributed by atoms with Crippen LogP contribution in [0.5, 0.6) is 0 Å². The van der Waals surface area contributed by atoms with Gasteiger partial charge in [-0.1, -0.05) is 52.5 Å². The van der Waals surface area contributed by atoms with Crippen LogP contribution in [0.3, 0.4) is 0 Å². The van der Waals surface area contributed by atoms with Crippen LogP contribution in [0.1, 0.15) is 98.8 Å². The van der Waals surface area contributed by atoms with Crippen LogP contribution < -0.4 is 5.32 Å². The number of rotatable bonds is 12. The quantitative estimate of drug-likeness (QED) is 0.313. The molecule has 0 spiro atoms.